The highest BCUT2D eigenvalue weighted by molar-refractivity contribution is 6.51. The molecule has 0 aromatic rings. The zero-order chi connectivity index (χ0) is 11.8. The van der Waals surface area contributed by atoms with E-state index in [0.29, 0.717) is 0 Å². The molecule has 16 heavy (non-hydrogen) atoms. The molecule has 0 unspecified atom stereocenters. The maximum Gasteiger partial charge on any atom is 0.464 e. The summed E-state index contributed by atoms with van der Waals surface area (Å²) >= 11 is 0. The Bertz CT molecular complexity index is 304. The Morgan fingerprint density at radius 2 is 1.44 bits per heavy atom. The highest BCUT2D eigenvalue weighted by Crippen LogP contribution is 2.80. The van der Waals surface area contributed by atoms with Crippen LogP contribution >= 0.6 is 0 Å². The molecule has 0 spiro atoms. The molecule has 0 atom stereocenters. The van der Waals surface area contributed by atoms with Crippen molar-refractivity contribution in [1.29, 1.82) is 0 Å². The third kappa shape index (κ3) is 1.10. The van der Waals surface area contributed by atoms with E-state index in [-0.39, 0.29) is 35.7 Å². The molecule has 4 heteroatoms. The van der Waals surface area contributed by atoms with Gasteiger partial charge in [0.25, 0.3) is 0 Å². The first-order valence-electron chi connectivity index (χ1n) is 6.16. The lowest BCUT2D eigenvalue weighted by Gasteiger charge is -2.70. The summed E-state index contributed by atoms with van der Waals surface area (Å²) in [4.78, 5) is 0. The van der Waals surface area contributed by atoms with Crippen LogP contribution in [-0.2, 0) is 9.31 Å². The van der Waals surface area contributed by atoms with Gasteiger partial charge in [-0.1, -0.05) is 0 Å². The van der Waals surface area contributed by atoms with Crippen molar-refractivity contribution in [2.45, 2.75) is 63.5 Å². The number of hydrogen-bond donors (Lipinski definition) is 0. The van der Waals surface area contributed by atoms with Gasteiger partial charge in [0.05, 0.1) is 17.9 Å². The van der Waals surface area contributed by atoms with Crippen LogP contribution < -0.4 is 0 Å². The van der Waals surface area contributed by atoms with Crippen LogP contribution in [0.1, 0.15) is 47.0 Å². The molecular weight excluding hydrogens is 206 g/mol. The smallest absolute Gasteiger partial charge is 0.403 e. The summed E-state index contributed by atoms with van der Waals surface area (Å²) < 4.78 is 24.8. The van der Waals surface area contributed by atoms with Crippen LogP contribution in [0.4, 0.5) is 4.39 Å². The Kier molecular flexibility index (Phi) is 1.84. The SMILES string of the molecule is CC1(C)OB(C23CC(CF)(C2)C3)OC1(C)C. The number of hydrogen-bond acceptors (Lipinski definition) is 2. The molecule has 4 rings (SSSR count). The molecule has 1 aliphatic heterocycles. The summed E-state index contributed by atoms with van der Waals surface area (Å²) in [5.41, 5.74) is -0.504. The molecule has 2 nitrogen and oxygen atoms in total. The zero-order valence-corrected chi connectivity index (χ0v) is 10.6. The van der Waals surface area contributed by atoms with E-state index in [2.05, 4.69) is 27.7 Å². The van der Waals surface area contributed by atoms with Crippen molar-refractivity contribution in [2.75, 3.05) is 6.67 Å². The molecule has 0 N–H and O–H groups in total. The minimum Gasteiger partial charge on any atom is -0.403 e. The summed E-state index contributed by atoms with van der Waals surface area (Å²) in [7, 11) is -0.120. The minimum atomic E-state index is -0.254. The third-order valence-corrected chi connectivity index (χ3v) is 5.22. The van der Waals surface area contributed by atoms with Crippen LogP contribution in [0.2, 0.25) is 5.31 Å². The highest BCUT2D eigenvalue weighted by atomic mass is 19.1. The van der Waals surface area contributed by atoms with Crippen molar-refractivity contribution in [3.05, 3.63) is 0 Å². The van der Waals surface area contributed by atoms with Gasteiger partial charge in [-0.3, -0.25) is 4.39 Å². The van der Waals surface area contributed by atoms with E-state index < -0.39 is 0 Å². The van der Waals surface area contributed by atoms with Gasteiger partial charge in [0.2, 0.25) is 0 Å². The van der Waals surface area contributed by atoms with E-state index in [1.54, 1.807) is 0 Å². The van der Waals surface area contributed by atoms with E-state index in [0.717, 1.165) is 19.3 Å². The molecule has 3 aliphatic carbocycles. The molecule has 0 aromatic heterocycles. The predicted molar refractivity (Wildman–Crippen MR) is 61.0 cm³/mol. The second-order valence-corrected chi connectivity index (χ2v) is 7.11. The van der Waals surface area contributed by atoms with Crippen molar-refractivity contribution in [2.24, 2.45) is 5.41 Å². The second kappa shape index (κ2) is 2.67. The van der Waals surface area contributed by atoms with Gasteiger partial charge < -0.3 is 9.31 Å². The van der Waals surface area contributed by atoms with Gasteiger partial charge in [-0.2, -0.15) is 0 Å². The summed E-state index contributed by atoms with van der Waals surface area (Å²) in [5, 5.41) is 0.136. The van der Waals surface area contributed by atoms with Crippen LogP contribution in [0.5, 0.6) is 0 Å². The molecule has 0 radical (unpaired) electrons. The fourth-order valence-electron chi connectivity index (χ4n) is 3.57. The molecule has 90 valence electrons. The van der Waals surface area contributed by atoms with E-state index in [1.807, 2.05) is 0 Å². The Hall–Kier alpha value is -0.0851. The first kappa shape index (κ1) is 11.0. The lowest BCUT2D eigenvalue weighted by atomic mass is 9.24. The molecule has 4 aliphatic rings. The van der Waals surface area contributed by atoms with Crippen LogP contribution in [0, 0.1) is 5.41 Å². The average Bonchev–Trinajstić information content (AvgIpc) is 2.16. The summed E-state index contributed by atoms with van der Waals surface area (Å²) in [6.07, 6.45) is 2.86. The Labute approximate surface area is 97.0 Å². The van der Waals surface area contributed by atoms with E-state index >= 15 is 0 Å². The minimum absolute atomic E-state index is 0.00357. The number of rotatable bonds is 2. The van der Waals surface area contributed by atoms with E-state index in [9.17, 15) is 4.39 Å². The topological polar surface area (TPSA) is 18.5 Å². The zero-order valence-electron chi connectivity index (χ0n) is 10.6. The maximum atomic E-state index is 12.7. The van der Waals surface area contributed by atoms with Crippen molar-refractivity contribution < 1.29 is 13.7 Å². The van der Waals surface area contributed by atoms with E-state index in [4.69, 9.17) is 9.31 Å². The van der Waals surface area contributed by atoms with Crippen LogP contribution in [-0.4, -0.2) is 25.0 Å². The van der Waals surface area contributed by atoms with Gasteiger partial charge in [-0.05, 0) is 52.4 Å². The van der Waals surface area contributed by atoms with Gasteiger partial charge in [-0.15, -0.1) is 0 Å². The highest BCUT2D eigenvalue weighted by Gasteiger charge is 2.76. The van der Waals surface area contributed by atoms with Gasteiger partial charge in [0, 0.05) is 5.31 Å². The average molecular weight is 226 g/mol. The Morgan fingerprint density at radius 1 is 1.00 bits per heavy atom. The first-order chi connectivity index (χ1) is 7.24. The third-order valence-electron chi connectivity index (χ3n) is 5.22. The van der Waals surface area contributed by atoms with Crippen molar-refractivity contribution in [1.82, 2.24) is 0 Å². The number of halogens is 1. The maximum absolute atomic E-state index is 12.7. The van der Waals surface area contributed by atoms with Gasteiger partial charge in [0.1, 0.15) is 0 Å². The lowest BCUT2D eigenvalue weighted by Crippen LogP contribution is -2.64. The summed E-state index contributed by atoms with van der Waals surface area (Å²) in [6.45, 7) is 8.12. The largest absolute Gasteiger partial charge is 0.464 e. The number of alkyl halides is 1. The van der Waals surface area contributed by atoms with Crippen LogP contribution in [0.25, 0.3) is 0 Å². The van der Waals surface area contributed by atoms with Crippen molar-refractivity contribution in [3.8, 4) is 0 Å². The molecule has 1 saturated heterocycles. The molecule has 2 bridgehead atoms. The fourth-order valence-corrected chi connectivity index (χ4v) is 3.57. The van der Waals surface area contributed by atoms with Crippen molar-refractivity contribution in [3.63, 3.8) is 0 Å². The molecule has 0 aromatic carbocycles. The first-order valence-corrected chi connectivity index (χ1v) is 6.16. The quantitative estimate of drug-likeness (QED) is 0.674. The fraction of sp³-hybridized carbons (Fsp3) is 1.00. The Morgan fingerprint density at radius 3 is 1.81 bits per heavy atom. The molecule has 0 amide bonds. The molecular formula is C12H20BFO2. The normalized spacial score (nSPS) is 47.4. The van der Waals surface area contributed by atoms with Crippen LogP contribution in [0.3, 0.4) is 0 Å². The van der Waals surface area contributed by atoms with Gasteiger partial charge in [-0.25, -0.2) is 0 Å². The standard InChI is InChI=1S/C12H20BFO2/c1-9(2)10(3,4)16-13(15-9)12-5-11(6-12,7-12)8-14/h5-8H2,1-4H3. The van der Waals surface area contributed by atoms with Crippen LogP contribution in [0.15, 0.2) is 0 Å². The lowest BCUT2D eigenvalue weighted by molar-refractivity contribution is -0.123. The monoisotopic (exact) mass is 226 g/mol. The van der Waals surface area contributed by atoms with Gasteiger partial charge >= 0.3 is 7.12 Å². The predicted octanol–water partition coefficient (Wildman–Crippen LogP) is 2.97. The molecule has 3 saturated carbocycles. The molecule has 4 fully saturated rings. The summed E-state index contributed by atoms with van der Waals surface area (Å²) in [6, 6.07) is 0. The molecule has 1 heterocycles. The van der Waals surface area contributed by atoms with Gasteiger partial charge in [0.15, 0.2) is 0 Å². The summed E-state index contributed by atoms with van der Waals surface area (Å²) in [5.74, 6) is 0. The van der Waals surface area contributed by atoms with E-state index in [1.165, 1.54) is 0 Å². The van der Waals surface area contributed by atoms with Crippen molar-refractivity contribution >= 4 is 7.12 Å². The Balaban J connectivity index is 1.73. The second-order valence-electron chi connectivity index (χ2n) is 7.11.